The van der Waals surface area contributed by atoms with E-state index in [4.69, 9.17) is 0 Å². The van der Waals surface area contributed by atoms with Crippen molar-refractivity contribution >= 4 is 0 Å². The summed E-state index contributed by atoms with van der Waals surface area (Å²) in [6.45, 7) is 9.16. The zero-order chi connectivity index (χ0) is 10.7. The van der Waals surface area contributed by atoms with Gasteiger partial charge in [0.1, 0.15) is 0 Å². The van der Waals surface area contributed by atoms with Gasteiger partial charge in [0.25, 0.3) is 0 Å². The molecule has 1 aromatic rings. The van der Waals surface area contributed by atoms with Crippen molar-refractivity contribution in [2.75, 3.05) is 26.2 Å². The molecule has 0 unspecified atom stereocenters. The van der Waals surface area contributed by atoms with Crippen molar-refractivity contribution in [2.24, 2.45) is 0 Å². The standard InChI is InChI=1S/C9H18N6/c1-8(2)15-12-9(11-13-15)7-14-5-3-10-4-6-14/h8,10H,3-7H2,1-2H3. The molecule has 0 aromatic carbocycles. The maximum atomic E-state index is 4.34. The molecule has 0 saturated carbocycles. The Kier molecular flexibility index (Phi) is 3.27. The molecule has 0 spiro atoms. The van der Waals surface area contributed by atoms with Gasteiger partial charge in [-0.15, -0.1) is 10.2 Å². The van der Waals surface area contributed by atoms with Gasteiger partial charge in [-0.3, -0.25) is 4.90 Å². The number of hydrogen-bond acceptors (Lipinski definition) is 5. The van der Waals surface area contributed by atoms with Gasteiger partial charge in [-0.25, -0.2) is 0 Å². The van der Waals surface area contributed by atoms with Crippen LogP contribution in [0.2, 0.25) is 0 Å². The number of piperazine rings is 1. The maximum Gasteiger partial charge on any atom is 0.188 e. The van der Waals surface area contributed by atoms with Crippen LogP contribution in [-0.4, -0.2) is 51.3 Å². The normalized spacial score (nSPS) is 18.6. The summed E-state index contributed by atoms with van der Waals surface area (Å²) < 4.78 is 0. The number of nitrogens with one attached hydrogen (secondary N) is 1. The Balaban J connectivity index is 1.91. The van der Waals surface area contributed by atoms with E-state index >= 15 is 0 Å². The zero-order valence-electron chi connectivity index (χ0n) is 9.35. The van der Waals surface area contributed by atoms with Gasteiger partial charge in [0.15, 0.2) is 5.82 Å². The number of hydrogen-bond donors (Lipinski definition) is 1. The minimum atomic E-state index is 0.286. The van der Waals surface area contributed by atoms with Crippen LogP contribution in [-0.2, 0) is 6.54 Å². The molecule has 6 heteroatoms. The van der Waals surface area contributed by atoms with E-state index < -0.39 is 0 Å². The van der Waals surface area contributed by atoms with Crippen LogP contribution in [0.25, 0.3) is 0 Å². The number of aromatic nitrogens is 4. The van der Waals surface area contributed by atoms with Crippen LogP contribution in [0.5, 0.6) is 0 Å². The molecule has 1 saturated heterocycles. The lowest BCUT2D eigenvalue weighted by molar-refractivity contribution is 0.227. The van der Waals surface area contributed by atoms with Gasteiger partial charge in [0.05, 0.1) is 12.6 Å². The van der Waals surface area contributed by atoms with E-state index in [0.717, 1.165) is 38.5 Å². The highest BCUT2D eigenvalue weighted by atomic mass is 15.6. The summed E-state index contributed by atoms with van der Waals surface area (Å²) in [6.07, 6.45) is 0. The highest BCUT2D eigenvalue weighted by Gasteiger charge is 2.13. The number of nitrogens with zero attached hydrogens (tertiary/aromatic N) is 5. The molecule has 84 valence electrons. The SMILES string of the molecule is CC(C)n1nnc(CN2CCNCC2)n1. The molecule has 6 nitrogen and oxygen atoms in total. The van der Waals surface area contributed by atoms with E-state index in [2.05, 4.69) is 39.5 Å². The summed E-state index contributed by atoms with van der Waals surface area (Å²) in [5, 5.41) is 15.7. The number of tetrazole rings is 1. The van der Waals surface area contributed by atoms with E-state index in [-0.39, 0.29) is 6.04 Å². The van der Waals surface area contributed by atoms with Crippen molar-refractivity contribution in [3.05, 3.63) is 5.82 Å². The van der Waals surface area contributed by atoms with Gasteiger partial charge >= 0.3 is 0 Å². The van der Waals surface area contributed by atoms with E-state index in [0.29, 0.717) is 0 Å². The Hall–Kier alpha value is -1.01. The number of rotatable bonds is 3. The molecule has 1 aromatic heterocycles. The monoisotopic (exact) mass is 210 g/mol. The Morgan fingerprint density at radius 2 is 2.07 bits per heavy atom. The first-order valence-electron chi connectivity index (χ1n) is 5.47. The lowest BCUT2D eigenvalue weighted by atomic mass is 10.3. The molecular weight excluding hydrogens is 192 g/mol. The Morgan fingerprint density at radius 1 is 1.33 bits per heavy atom. The van der Waals surface area contributed by atoms with Crippen molar-refractivity contribution in [1.29, 1.82) is 0 Å². The summed E-state index contributed by atoms with van der Waals surface area (Å²) in [7, 11) is 0. The second-order valence-corrected chi connectivity index (χ2v) is 4.15. The van der Waals surface area contributed by atoms with Gasteiger partial charge in [-0.05, 0) is 19.1 Å². The topological polar surface area (TPSA) is 58.9 Å². The molecule has 2 rings (SSSR count). The van der Waals surface area contributed by atoms with Crippen molar-refractivity contribution < 1.29 is 0 Å². The van der Waals surface area contributed by atoms with Gasteiger partial charge < -0.3 is 5.32 Å². The lowest BCUT2D eigenvalue weighted by Crippen LogP contribution is -2.43. The second-order valence-electron chi connectivity index (χ2n) is 4.15. The average molecular weight is 210 g/mol. The van der Waals surface area contributed by atoms with Crippen molar-refractivity contribution in [3.63, 3.8) is 0 Å². The molecule has 0 radical (unpaired) electrons. The Bertz CT molecular complexity index is 301. The van der Waals surface area contributed by atoms with Crippen LogP contribution in [0.1, 0.15) is 25.7 Å². The van der Waals surface area contributed by atoms with Crippen LogP contribution in [0.4, 0.5) is 0 Å². The molecule has 15 heavy (non-hydrogen) atoms. The Morgan fingerprint density at radius 3 is 2.67 bits per heavy atom. The lowest BCUT2D eigenvalue weighted by Gasteiger charge is -2.25. The van der Waals surface area contributed by atoms with Crippen LogP contribution >= 0.6 is 0 Å². The highest BCUT2D eigenvalue weighted by Crippen LogP contribution is 2.02. The molecule has 2 heterocycles. The van der Waals surface area contributed by atoms with Crippen LogP contribution in [0, 0.1) is 0 Å². The third-order valence-corrected chi connectivity index (χ3v) is 2.51. The summed E-state index contributed by atoms with van der Waals surface area (Å²) >= 11 is 0. The van der Waals surface area contributed by atoms with Crippen molar-refractivity contribution in [2.45, 2.75) is 26.4 Å². The molecule has 1 aliphatic rings. The average Bonchev–Trinajstić information content (AvgIpc) is 2.68. The smallest absolute Gasteiger partial charge is 0.188 e. The molecular formula is C9H18N6. The summed E-state index contributed by atoms with van der Waals surface area (Å²) in [4.78, 5) is 4.01. The van der Waals surface area contributed by atoms with Crippen LogP contribution < -0.4 is 5.32 Å². The molecule has 0 atom stereocenters. The summed E-state index contributed by atoms with van der Waals surface area (Å²) in [6, 6.07) is 0.286. The summed E-state index contributed by atoms with van der Waals surface area (Å²) in [5.74, 6) is 0.825. The molecule has 1 fully saturated rings. The van der Waals surface area contributed by atoms with Gasteiger partial charge in [0.2, 0.25) is 0 Å². The largest absolute Gasteiger partial charge is 0.314 e. The van der Waals surface area contributed by atoms with E-state index in [1.807, 2.05) is 0 Å². The predicted octanol–water partition coefficient (Wildman–Crippen LogP) is -0.341. The minimum absolute atomic E-state index is 0.286. The third-order valence-electron chi connectivity index (χ3n) is 2.51. The molecule has 0 aliphatic carbocycles. The second kappa shape index (κ2) is 4.67. The highest BCUT2D eigenvalue weighted by molar-refractivity contribution is 4.80. The maximum absolute atomic E-state index is 4.34. The Labute approximate surface area is 89.6 Å². The van der Waals surface area contributed by atoms with E-state index in [9.17, 15) is 0 Å². The zero-order valence-corrected chi connectivity index (χ0v) is 9.35. The van der Waals surface area contributed by atoms with E-state index in [1.54, 1.807) is 4.80 Å². The first-order chi connectivity index (χ1) is 7.25. The quantitative estimate of drug-likeness (QED) is 0.739. The fourth-order valence-corrected chi connectivity index (χ4v) is 1.61. The summed E-state index contributed by atoms with van der Waals surface area (Å²) in [5.41, 5.74) is 0. The minimum Gasteiger partial charge on any atom is -0.314 e. The molecule has 1 N–H and O–H groups in total. The van der Waals surface area contributed by atoms with Gasteiger partial charge in [-0.2, -0.15) is 4.80 Å². The fourth-order valence-electron chi connectivity index (χ4n) is 1.61. The molecule has 0 bridgehead atoms. The van der Waals surface area contributed by atoms with Crippen LogP contribution in [0.3, 0.4) is 0 Å². The van der Waals surface area contributed by atoms with Gasteiger partial charge in [-0.1, -0.05) is 0 Å². The van der Waals surface area contributed by atoms with Crippen molar-refractivity contribution in [3.8, 4) is 0 Å². The fraction of sp³-hybridized carbons (Fsp3) is 0.889. The van der Waals surface area contributed by atoms with Crippen LogP contribution in [0.15, 0.2) is 0 Å². The predicted molar refractivity (Wildman–Crippen MR) is 56.3 cm³/mol. The third kappa shape index (κ3) is 2.73. The van der Waals surface area contributed by atoms with E-state index in [1.165, 1.54) is 0 Å². The first kappa shape index (κ1) is 10.5. The first-order valence-corrected chi connectivity index (χ1v) is 5.47. The molecule has 0 amide bonds. The molecule has 1 aliphatic heterocycles. The van der Waals surface area contributed by atoms with Crippen molar-refractivity contribution in [1.82, 2.24) is 30.4 Å². The van der Waals surface area contributed by atoms with Gasteiger partial charge in [0, 0.05) is 26.2 Å².